The number of nitrogens with one attached hydrogen (secondary N) is 2. The molecule has 11 nitrogen and oxygen atoms in total. The Labute approximate surface area is 294 Å². The van der Waals surface area contributed by atoms with Gasteiger partial charge >= 0.3 is 11.5 Å². The number of benzene rings is 2. The zero-order valence-corrected chi connectivity index (χ0v) is 29.0. The van der Waals surface area contributed by atoms with Gasteiger partial charge in [0.2, 0.25) is 11.8 Å². The number of aryl methyl sites for hydroxylation is 1. The summed E-state index contributed by atoms with van der Waals surface area (Å²) < 4.78 is 25.9. The van der Waals surface area contributed by atoms with Crippen LogP contribution in [0.1, 0.15) is 79.7 Å². The molecule has 0 radical (unpaired) electrons. The first kappa shape index (κ1) is 36.2. The number of H-pyrrole nitrogens is 1. The van der Waals surface area contributed by atoms with Crippen molar-refractivity contribution in [1.82, 2.24) is 25.4 Å². The summed E-state index contributed by atoms with van der Waals surface area (Å²) in [5, 5.41) is 8.79. The third-order valence-corrected chi connectivity index (χ3v) is 9.55. The highest BCUT2D eigenvalue weighted by Crippen LogP contribution is 2.47. The average Bonchev–Trinajstić information content (AvgIpc) is 3.56. The van der Waals surface area contributed by atoms with Crippen molar-refractivity contribution in [2.24, 2.45) is 5.41 Å². The van der Waals surface area contributed by atoms with Crippen molar-refractivity contribution in [1.29, 1.82) is 0 Å². The summed E-state index contributed by atoms with van der Waals surface area (Å²) in [6.07, 6.45) is 2.95. The van der Waals surface area contributed by atoms with E-state index in [1.807, 2.05) is 44.2 Å². The van der Waals surface area contributed by atoms with Crippen LogP contribution >= 0.6 is 11.6 Å². The number of pyridine rings is 1. The molecule has 1 aliphatic rings. The molecule has 0 bridgehead atoms. The lowest BCUT2D eigenvalue weighted by Gasteiger charge is -2.43. The number of amides is 2. The third-order valence-electron chi connectivity index (χ3n) is 9.28. The summed E-state index contributed by atoms with van der Waals surface area (Å²) >= 11 is 6.37. The second-order valence-corrected chi connectivity index (χ2v) is 12.8. The molecule has 2 aromatic heterocycles. The van der Waals surface area contributed by atoms with E-state index < -0.39 is 52.7 Å². The number of likely N-dealkylation sites (tertiary alicyclic amines) is 1. The number of aromatic amines is 1. The molecule has 50 heavy (non-hydrogen) atoms. The predicted octanol–water partition coefficient (Wildman–Crippen LogP) is 6.46. The van der Waals surface area contributed by atoms with Crippen LogP contribution in [0.15, 0.2) is 77.7 Å². The van der Waals surface area contributed by atoms with Crippen LogP contribution in [0.5, 0.6) is 11.6 Å². The van der Waals surface area contributed by atoms with Crippen LogP contribution in [0, 0.1) is 18.2 Å². The minimum absolute atomic E-state index is 0.0408. The van der Waals surface area contributed by atoms with Crippen molar-refractivity contribution >= 4 is 29.4 Å². The molecule has 13 heteroatoms. The van der Waals surface area contributed by atoms with E-state index in [0.29, 0.717) is 36.9 Å². The fraction of sp³-hybridized carbons (Fsp3) is 0.351. The Morgan fingerprint density at radius 2 is 1.82 bits per heavy atom. The molecule has 0 unspecified atom stereocenters. The Hall–Kier alpha value is -5.10. The average molecular weight is 704 g/mol. The second-order valence-electron chi connectivity index (χ2n) is 12.3. The molecular weight excluding hydrogens is 665 g/mol. The number of rotatable bonds is 12. The molecule has 4 aromatic rings. The first-order valence-corrected chi connectivity index (χ1v) is 16.8. The van der Waals surface area contributed by atoms with E-state index in [9.17, 15) is 23.6 Å². The minimum Gasteiger partial charge on any atom is -0.460 e. The van der Waals surface area contributed by atoms with Gasteiger partial charge in [-0.1, -0.05) is 67.9 Å². The summed E-state index contributed by atoms with van der Waals surface area (Å²) in [5.74, 6) is -2.12. The van der Waals surface area contributed by atoms with E-state index >= 15 is 0 Å². The molecule has 0 spiro atoms. The van der Waals surface area contributed by atoms with Crippen molar-refractivity contribution in [3.63, 3.8) is 0 Å². The smallest absolute Gasteiger partial charge is 0.314 e. The van der Waals surface area contributed by atoms with Gasteiger partial charge in [-0.2, -0.15) is 5.10 Å². The molecule has 3 heterocycles. The molecule has 5 rings (SSSR count). The molecule has 3 atom stereocenters. The Balaban J connectivity index is 1.39. The third kappa shape index (κ3) is 7.70. The van der Waals surface area contributed by atoms with Crippen molar-refractivity contribution in [2.75, 3.05) is 0 Å². The van der Waals surface area contributed by atoms with Crippen LogP contribution in [-0.2, 0) is 20.9 Å². The fourth-order valence-electron chi connectivity index (χ4n) is 6.57. The number of esters is 1. The van der Waals surface area contributed by atoms with Gasteiger partial charge in [-0.15, -0.1) is 0 Å². The fourth-order valence-corrected chi connectivity index (χ4v) is 6.77. The van der Waals surface area contributed by atoms with Crippen LogP contribution in [0.2, 0.25) is 5.02 Å². The maximum Gasteiger partial charge on any atom is 0.314 e. The highest BCUT2D eigenvalue weighted by molar-refractivity contribution is 6.32. The highest BCUT2D eigenvalue weighted by Gasteiger charge is 2.53. The summed E-state index contributed by atoms with van der Waals surface area (Å²) in [4.78, 5) is 59.6. The van der Waals surface area contributed by atoms with E-state index in [0.717, 1.165) is 5.56 Å². The Bertz CT molecular complexity index is 1920. The van der Waals surface area contributed by atoms with E-state index in [2.05, 4.69) is 20.5 Å². The van der Waals surface area contributed by atoms with Gasteiger partial charge in [0, 0.05) is 18.3 Å². The molecule has 2 amide bonds. The van der Waals surface area contributed by atoms with Crippen LogP contribution in [0.25, 0.3) is 0 Å². The SMILES string of the molecule is CCC(CC)(C(=O)OCc1ccccc1)[C@H]1CC[C@@H](c2cccc(F)c2)N1C(=O)[C@@H](C)NC(=O)c1cnc(Oc2cc(C)n[nH]c2=O)c(Cl)c1. The number of nitrogens with zero attached hydrogens (tertiary/aromatic N) is 3. The lowest BCUT2D eigenvalue weighted by molar-refractivity contribution is -0.164. The van der Waals surface area contributed by atoms with Crippen LogP contribution in [0.3, 0.4) is 0 Å². The number of carbonyl (C=O) groups excluding carboxylic acids is 3. The topological polar surface area (TPSA) is 144 Å². The maximum absolute atomic E-state index is 14.5. The van der Waals surface area contributed by atoms with Crippen LogP contribution < -0.4 is 15.6 Å². The van der Waals surface area contributed by atoms with Crippen LogP contribution in [0.4, 0.5) is 4.39 Å². The molecular formula is C37H39ClFN5O6. The van der Waals surface area contributed by atoms with E-state index in [1.54, 1.807) is 30.9 Å². The monoisotopic (exact) mass is 703 g/mol. The summed E-state index contributed by atoms with van der Waals surface area (Å²) in [5.41, 5.74) is 0.336. The molecule has 262 valence electrons. The van der Waals surface area contributed by atoms with Crippen molar-refractivity contribution < 1.29 is 28.2 Å². The number of ether oxygens (including phenoxy) is 2. The standard InChI is InChI=1S/C37H39ClFN5O6/c1-5-37(6-2,36(48)49-21-24-11-8-7-9-12-24)31-16-15-29(25-13-10-14-27(39)18-25)44(31)35(47)23(4)41-32(45)26-19-28(38)34(40-20-26)50-30-17-22(3)42-43-33(30)46/h7-14,17-20,23,29,31H,5-6,15-16,21H2,1-4H3,(H,41,45)(H,43,46)/t23-,29+,31-/m1/s1. The number of aromatic nitrogens is 3. The normalized spacial score (nSPS) is 16.5. The van der Waals surface area contributed by atoms with Crippen molar-refractivity contribution in [3.05, 3.63) is 117 Å². The number of halogens is 2. The molecule has 1 saturated heterocycles. The summed E-state index contributed by atoms with van der Waals surface area (Å²) in [6, 6.07) is 16.0. The van der Waals surface area contributed by atoms with Gasteiger partial charge in [-0.25, -0.2) is 14.5 Å². The quantitative estimate of drug-likeness (QED) is 0.160. The highest BCUT2D eigenvalue weighted by atomic mass is 35.5. The lowest BCUT2D eigenvalue weighted by atomic mass is 9.74. The second kappa shape index (κ2) is 15.6. The lowest BCUT2D eigenvalue weighted by Crippen LogP contribution is -2.56. The van der Waals surface area contributed by atoms with E-state index in [-0.39, 0.29) is 28.8 Å². The van der Waals surface area contributed by atoms with Gasteiger partial charge < -0.3 is 19.7 Å². The zero-order valence-electron chi connectivity index (χ0n) is 28.2. The van der Waals surface area contributed by atoms with Gasteiger partial charge in [-0.05, 0) is 68.9 Å². The molecule has 1 aliphatic heterocycles. The minimum atomic E-state index is -1.06. The zero-order chi connectivity index (χ0) is 36.0. The first-order valence-electron chi connectivity index (χ1n) is 16.5. The summed E-state index contributed by atoms with van der Waals surface area (Å²) in [7, 11) is 0. The first-order chi connectivity index (χ1) is 24.0. The molecule has 0 saturated carbocycles. The van der Waals surface area contributed by atoms with Crippen molar-refractivity contribution in [2.45, 2.75) is 78.1 Å². The van der Waals surface area contributed by atoms with Crippen LogP contribution in [-0.4, -0.2) is 49.9 Å². The van der Waals surface area contributed by atoms with Gasteiger partial charge in [0.1, 0.15) is 23.5 Å². The largest absolute Gasteiger partial charge is 0.460 e. The molecule has 2 aromatic carbocycles. The number of hydrogen-bond donors (Lipinski definition) is 2. The van der Waals surface area contributed by atoms with Gasteiger partial charge in [0.25, 0.3) is 5.91 Å². The molecule has 2 N–H and O–H groups in total. The number of carbonyl (C=O) groups is 3. The predicted molar refractivity (Wildman–Crippen MR) is 184 cm³/mol. The Morgan fingerprint density at radius 1 is 1.08 bits per heavy atom. The van der Waals surface area contributed by atoms with Gasteiger partial charge in [-0.3, -0.25) is 19.2 Å². The Kier molecular flexibility index (Phi) is 11.3. The van der Waals surface area contributed by atoms with Crippen molar-refractivity contribution in [3.8, 4) is 11.6 Å². The van der Waals surface area contributed by atoms with Gasteiger partial charge in [0.15, 0.2) is 5.75 Å². The molecule has 1 fully saturated rings. The van der Waals surface area contributed by atoms with E-state index in [4.69, 9.17) is 21.1 Å². The molecule has 0 aliphatic carbocycles. The summed E-state index contributed by atoms with van der Waals surface area (Å²) in [6.45, 7) is 7.09. The van der Waals surface area contributed by atoms with Gasteiger partial charge in [0.05, 0.1) is 22.7 Å². The number of hydrogen-bond acceptors (Lipinski definition) is 8. The maximum atomic E-state index is 14.5. The Morgan fingerprint density at radius 3 is 2.50 bits per heavy atom. The van der Waals surface area contributed by atoms with E-state index in [1.165, 1.54) is 30.5 Å².